The Morgan fingerprint density at radius 3 is 2.31 bits per heavy atom. The summed E-state index contributed by atoms with van der Waals surface area (Å²) in [6.45, 7) is 8.93. The summed E-state index contributed by atoms with van der Waals surface area (Å²) in [4.78, 5) is 11.5. The van der Waals surface area contributed by atoms with Gasteiger partial charge >= 0.3 is 0 Å². The summed E-state index contributed by atoms with van der Waals surface area (Å²) >= 11 is 0. The highest BCUT2D eigenvalue weighted by Gasteiger charge is 2.18. The molecule has 5 heteroatoms. The molecule has 0 radical (unpaired) electrons. The molecular formula is C24H29N5. The predicted molar refractivity (Wildman–Crippen MR) is 122 cm³/mol. The summed E-state index contributed by atoms with van der Waals surface area (Å²) in [6.07, 6.45) is 4.35. The van der Waals surface area contributed by atoms with E-state index in [2.05, 4.69) is 88.7 Å². The maximum absolute atomic E-state index is 4.64. The molecule has 0 atom stereocenters. The van der Waals surface area contributed by atoms with Crippen molar-refractivity contribution in [3.05, 3.63) is 66.4 Å². The van der Waals surface area contributed by atoms with Crippen LogP contribution in [0.3, 0.4) is 0 Å². The number of nitrogens with one attached hydrogen (secondary N) is 2. The Morgan fingerprint density at radius 2 is 1.59 bits per heavy atom. The lowest BCUT2D eigenvalue weighted by Crippen LogP contribution is -2.17. The van der Waals surface area contributed by atoms with Gasteiger partial charge in [0.25, 0.3) is 0 Å². The van der Waals surface area contributed by atoms with Crippen molar-refractivity contribution >= 4 is 28.8 Å². The van der Waals surface area contributed by atoms with Crippen LogP contribution in [-0.2, 0) is 5.41 Å². The van der Waals surface area contributed by atoms with Crippen LogP contribution in [0.25, 0.3) is 0 Å². The van der Waals surface area contributed by atoms with E-state index < -0.39 is 0 Å². The van der Waals surface area contributed by atoms with E-state index in [0.29, 0.717) is 5.95 Å². The third kappa shape index (κ3) is 4.67. The van der Waals surface area contributed by atoms with E-state index in [1.807, 2.05) is 12.1 Å². The first-order chi connectivity index (χ1) is 14.0. The molecule has 2 heterocycles. The van der Waals surface area contributed by atoms with E-state index in [9.17, 15) is 0 Å². The quantitative estimate of drug-likeness (QED) is 0.574. The highest BCUT2D eigenvalue weighted by molar-refractivity contribution is 5.64. The minimum atomic E-state index is 0.0382. The third-order valence-electron chi connectivity index (χ3n) is 5.25. The van der Waals surface area contributed by atoms with Gasteiger partial charge < -0.3 is 15.5 Å². The average molecular weight is 388 g/mol. The van der Waals surface area contributed by atoms with Crippen LogP contribution in [0.1, 0.15) is 39.2 Å². The molecule has 1 aromatic heterocycles. The van der Waals surface area contributed by atoms with Gasteiger partial charge in [-0.15, -0.1) is 0 Å². The van der Waals surface area contributed by atoms with Gasteiger partial charge in [0.05, 0.1) is 0 Å². The van der Waals surface area contributed by atoms with Crippen molar-refractivity contribution in [1.82, 2.24) is 9.97 Å². The van der Waals surface area contributed by atoms with E-state index in [0.717, 1.165) is 30.3 Å². The average Bonchev–Trinajstić information content (AvgIpc) is 3.23. The first-order valence-electron chi connectivity index (χ1n) is 10.3. The number of aromatic nitrogens is 2. The highest BCUT2D eigenvalue weighted by Crippen LogP contribution is 2.31. The standard InChI is InChI=1S/C24H29N5/c1-24(2,3)20-8-4-5-9-21(20)27-23-25-15-14-22(28-23)26-18-10-12-19(13-11-18)29-16-6-7-17-29/h4-5,8-15H,6-7,16-17H2,1-3H3,(H2,25,26,27,28). The smallest absolute Gasteiger partial charge is 0.229 e. The molecule has 0 amide bonds. The zero-order valence-corrected chi connectivity index (χ0v) is 17.4. The van der Waals surface area contributed by atoms with Crippen molar-refractivity contribution in [3.8, 4) is 0 Å². The molecule has 2 aromatic carbocycles. The molecule has 0 saturated carbocycles. The van der Waals surface area contributed by atoms with Crippen LogP contribution in [0.15, 0.2) is 60.8 Å². The predicted octanol–water partition coefficient (Wildman–Crippen LogP) is 5.86. The first-order valence-corrected chi connectivity index (χ1v) is 10.3. The van der Waals surface area contributed by atoms with Gasteiger partial charge in [0.15, 0.2) is 0 Å². The molecule has 150 valence electrons. The molecule has 0 aliphatic carbocycles. The number of para-hydroxylation sites is 1. The fraction of sp³-hybridized carbons (Fsp3) is 0.333. The van der Waals surface area contributed by atoms with Crippen molar-refractivity contribution in [2.45, 2.75) is 39.0 Å². The lowest BCUT2D eigenvalue weighted by molar-refractivity contribution is 0.592. The van der Waals surface area contributed by atoms with Gasteiger partial charge in [0.2, 0.25) is 5.95 Å². The molecule has 0 unspecified atom stereocenters. The van der Waals surface area contributed by atoms with Crippen LogP contribution >= 0.6 is 0 Å². The number of benzene rings is 2. The van der Waals surface area contributed by atoms with Crippen LogP contribution in [0, 0.1) is 0 Å². The molecule has 29 heavy (non-hydrogen) atoms. The zero-order chi connectivity index (χ0) is 20.3. The highest BCUT2D eigenvalue weighted by atomic mass is 15.2. The SMILES string of the molecule is CC(C)(C)c1ccccc1Nc1nccc(Nc2ccc(N3CCCC3)cc2)n1. The van der Waals surface area contributed by atoms with Crippen molar-refractivity contribution in [2.24, 2.45) is 0 Å². The van der Waals surface area contributed by atoms with Gasteiger partial charge in [-0.05, 0) is 60.2 Å². The van der Waals surface area contributed by atoms with Crippen molar-refractivity contribution < 1.29 is 0 Å². The molecule has 1 aliphatic heterocycles. The lowest BCUT2D eigenvalue weighted by Gasteiger charge is -2.23. The number of rotatable bonds is 5. The molecule has 1 aliphatic rings. The maximum Gasteiger partial charge on any atom is 0.229 e. The summed E-state index contributed by atoms with van der Waals surface area (Å²) in [5.74, 6) is 1.35. The van der Waals surface area contributed by atoms with Crippen molar-refractivity contribution in [1.29, 1.82) is 0 Å². The zero-order valence-electron chi connectivity index (χ0n) is 17.4. The van der Waals surface area contributed by atoms with E-state index in [-0.39, 0.29) is 5.41 Å². The molecule has 3 aromatic rings. The molecule has 5 nitrogen and oxygen atoms in total. The van der Waals surface area contributed by atoms with Crippen LogP contribution < -0.4 is 15.5 Å². The van der Waals surface area contributed by atoms with E-state index in [1.165, 1.54) is 24.1 Å². The summed E-state index contributed by atoms with van der Waals surface area (Å²) < 4.78 is 0. The third-order valence-corrected chi connectivity index (χ3v) is 5.25. The number of hydrogen-bond donors (Lipinski definition) is 2. The molecule has 2 N–H and O–H groups in total. The summed E-state index contributed by atoms with van der Waals surface area (Å²) in [5, 5.41) is 6.77. The summed E-state index contributed by atoms with van der Waals surface area (Å²) in [6, 6.07) is 18.8. The Morgan fingerprint density at radius 1 is 0.862 bits per heavy atom. The van der Waals surface area contributed by atoms with Crippen LogP contribution in [-0.4, -0.2) is 23.1 Å². The fourth-order valence-corrected chi connectivity index (χ4v) is 3.73. The Kier molecular flexibility index (Phi) is 5.38. The molecule has 1 saturated heterocycles. The van der Waals surface area contributed by atoms with Gasteiger partial charge in [-0.1, -0.05) is 39.0 Å². The second-order valence-electron chi connectivity index (χ2n) is 8.55. The minimum absolute atomic E-state index is 0.0382. The number of nitrogens with zero attached hydrogens (tertiary/aromatic N) is 3. The van der Waals surface area contributed by atoms with Gasteiger partial charge in [0.1, 0.15) is 5.82 Å². The largest absolute Gasteiger partial charge is 0.372 e. The van der Waals surface area contributed by atoms with Crippen molar-refractivity contribution in [3.63, 3.8) is 0 Å². The van der Waals surface area contributed by atoms with Crippen molar-refractivity contribution in [2.75, 3.05) is 28.6 Å². The normalized spacial score (nSPS) is 14.1. The Labute approximate surface area is 173 Å². The minimum Gasteiger partial charge on any atom is -0.372 e. The number of anilines is 5. The van der Waals surface area contributed by atoms with Gasteiger partial charge in [0, 0.05) is 36.3 Å². The van der Waals surface area contributed by atoms with Crippen LogP contribution in [0.5, 0.6) is 0 Å². The first kappa shape index (κ1) is 19.2. The molecule has 1 fully saturated rings. The molecule has 0 spiro atoms. The maximum atomic E-state index is 4.64. The molecule has 4 rings (SSSR count). The van der Waals surface area contributed by atoms with E-state index >= 15 is 0 Å². The van der Waals surface area contributed by atoms with E-state index in [1.54, 1.807) is 6.20 Å². The molecular weight excluding hydrogens is 358 g/mol. The Hall–Kier alpha value is -3.08. The second-order valence-corrected chi connectivity index (χ2v) is 8.55. The number of hydrogen-bond acceptors (Lipinski definition) is 5. The topological polar surface area (TPSA) is 53.1 Å². The molecule has 0 bridgehead atoms. The summed E-state index contributed by atoms with van der Waals surface area (Å²) in [5.41, 5.74) is 4.62. The van der Waals surface area contributed by atoms with Gasteiger partial charge in [-0.3, -0.25) is 0 Å². The Balaban J connectivity index is 1.48. The lowest BCUT2D eigenvalue weighted by atomic mass is 9.86. The van der Waals surface area contributed by atoms with E-state index in [4.69, 9.17) is 0 Å². The monoisotopic (exact) mass is 387 g/mol. The Bertz CT molecular complexity index is 954. The van der Waals surface area contributed by atoms with Gasteiger partial charge in [-0.2, -0.15) is 4.98 Å². The second kappa shape index (κ2) is 8.11. The van der Waals surface area contributed by atoms with Crippen LogP contribution in [0.2, 0.25) is 0 Å². The summed E-state index contributed by atoms with van der Waals surface area (Å²) in [7, 11) is 0. The van der Waals surface area contributed by atoms with Crippen LogP contribution in [0.4, 0.5) is 28.8 Å². The fourth-order valence-electron chi connectivity index (χ4n) is 3.73. The van der Waals surface area contributed by atoms with Gasteiger partial charge in [-0.25, -0.2) is 4.98 Å².